The van der Waals surface area contributed by atoms with Crippen molar-refractivity contribution in [2.75, 3.05) is 19.7 Å². The van der Waals surface area contributed by atoms with E-state index in [2.05, 4.69) is 4.90 Å². The molecule has 2 unspecified atom stereocenters. The highest BCUT2D eigenvalue weighted by Crippen LogP contribution is 2.35. The number of ether oxygens (including phenoxy) is 1. The van der Waals surface area contributed by atoms with Gasteiger partial charge in [-0.05, 0) is 43.7 Å². The van der Waals surface area contributed by atoms with E-state index in [9.17, 15) is 19.1 Å². The summed E-state index contributed by atoms with van der Waals surface area (Å²) in [6, 6.07) is 9.08. The topological polar surface area (TPSA) is 70.1 Å². The van der Waals surface area contributed by atoms with Crippen molar-refractivity contribution in [2.45, 2.75) is 32.5 Å². The van der Waals surface area contributed by atoms with Gasteiger partial charge in [0.1, 0.15) is 5.82 Å². The molecule has 1 amide bonds. The number of carbonyl (C=O) groups excluding carboxylic acids is 1. The molecule has 166 valence electrons. The lowest BCUT2D eigenvalue weighted by atomic mass is 10.1. The van der Waals surface area contributed by atoms with Crippen molar-refractivity contribution < 1.29 is 23.8 Å². The second-order valence-electron chi connectivity index (χ2n) is 7.63. The quantitative estimate of drug-likeness (QED) is 0.682. The van der Waals surface area contributed by atoms with E-state index in [1.54, 1.807) is 17.0 Å². The van der Waals surface area contributed by atoms with Crippen LogP contribution in [0.1, 0.15) is 29.8 Å². The summed E-state index contributed by atoms with van der Waals surface area (Å²) < 4.78 is 18.7. The molecule has 0 radical (unpaired) electrons. The zero-order valence-electron chi connectivity index (χ0n) is 17.1. The maximum absolute atomic E-state index is 13.1. The molecule has 2 atom stereocenters. The Morgan fingerprint density at radius 2 is 1.77 bits per heavy atom. The number of carbonyl (C=O) groups is 2. The van der Waals surface area contributed by atoms with Crippen molar-refractivity contribution in [1.82, 2.24) is 9.80 Å². The molecule has 1 heterocycles. The predicted molar refractivity (Wildman–Crippen MR) is 116 cm³/mol. The lowest BCUT2D eigenvalue weighted by Crippen LogP contribution is -2.58. The number of amides is 1. The van der Waals surface area contributed by atoms with Crippen LogP contribution in [0.5, 0.6) is 5.75 Å². The van der Waals surface area contributed by atoms with Crippen LogP contribution in [-0.4, -0.2) is 58.6 Å². The van der Waals surface area contributed by atoms with Crippen LogP contribution in [0.2, 0.25) is 10.0 Å². The van der Waals surface area contributed by atoms with Gasteiger partial charge in [0.2, 0.25) is 0 Å². The summed E-state index contributed by atoms with van der Waals surface area (Å²) in [6.07, 6.45) is 0. The molecule has 1 saturated heterocycles. The van der Waals surface area contributed by atoms with Crippen molar-refractivity contribution in [3.8, 4) is 5.75 Å². The van der Waals surface area contributed by atoms with Crippen LogP contribution < -0.4 is 4.74 Å². The largest absolute Gasteiger partial charge is 0.481 e. The van der Waals surface area contributed by atoms with Crippen molar-refractivity contribution in [3.63, 3.8) is 0 Å². The second-order valence-corrected chi connectivity index (χ2v) is 8.42. The summed E-state index contributed by atoms with van der Waals surface area (Å²) in [5.74, 6) is -1.74. The Bertz CT molecular complexity index is 971. The first kappa shape index (κ1) is 23.3. The third-order valence-corrected chi connectivity index (χ3v) is 6.03. The number of carboxylic acids is 1. The minimum Gasteiger partial charge on any atom is -0.481 e. The smallest absolute Gasteiger partial charge is 0.337 e. The van der Waals surface area contributed by atoms with E-state index in [-0.39, 0.29) is 51.8 Å². The number of halogens is 3. The Kier molecular flexibility index (Phi) is 7.41. The van der Waals surface area contributed by atoms with Crippen LogP contribution >= 0.6 is 23.2 Å². The van der Waals surface area contributed by atoms with Gasteiger partial charge in [-0.25, -0.2) is 9.18 Å². The fourth-order valence-corrected chi connectivity index (χ4v) is 4.20. The van der Waals surface area contributed by atoms with Gasteiger partial charge >= 0.3 is 5.97 Å². The lowest BCUT2D eigenvalue weighted by molar-refractivity contribution is -0.139. The Hall–Kier alpha value is -2.35. The second kappa shape index (κ2) is 9.85. The summed E-state index contributed by atoms with van der Waals surface area (Å²) in [4.78, 5) is 28.0. The van der Waals surface area contributed by atoms with Crippen LogP contribution in [0.15, 0.2) is 36.4 Å². The van der Waals surface area contributed by atoms with Gasteiger partial charge in [-0.15, -0.1) is 0 Å². The number of carboxylic acid groups (broad SMARTS) is 1. The molecule has 1 aliphatic heterocycles. The van der Waals surface area contributed by atoms with E-state index in [0.29, 0.717) is 19.6 Å². The van der Waals surface area contributed by atoms with Gasteiger partial charge in [0.05, 0.1) is 15.6 Å². The van der Waals surface area contributed by atoms with E-state index in [1.807, 2.05) is 13.8 Å². The number of aromatic carboxylic acids is 1. The summed E-state index contributed by atoms with van der Waals surface area (Å²) in [7, 11) is 0. The number of nitrogens with zero attached hydrogens (tertiary/aromatic N) is 2. The van der Waals surface area contributed by atoms with Crippen LogP contribution in [0.3, 0.4) is 0 Å². The number of benzene rings is 2. The highest BCUT2D eigenvalue weighted by molar-refractivity contribution is 6.39. The average Bonchev–Trinajstić information content (AvgIpc) is 2.71. The highest BCUT2D eigenvalue weighted by atomic mass is 35.5. The van der Waals surface area contributed by atoms with E-state index in [0.717, 1.165) is 5.56 Å². The first-order chi connectivity index (χ1) is 14.7. The van der Waals surface area contributed by atoms with Gasteiger partial charge in [0, 0.05) is 31.7 Å². The minimum absolute atomic E-state index is 0.0211. The Morgan fingerprint density at radius 1 is 1.10 bits per heavy atom. The summed E-state index contributed by atoms with van der Waals surface area (Å²) >= 11 is 12.2. The molecule has 0 aromatic heterocycles. The fourth-order valence-electron chi connectivity index (χ4n) is 3.64. The molecule has 3 rings (SSSR count). The zero-order valence-corrected chi connectivity index (χ0v) is 18.7. The Balaban J connectivity index is 1.62. The molecule has 0 spiro atoms. The van der Waals surface area contributed by atoms with Crippen molar-refractivity contribution in [2.24, 2.45) is 0 Å². The molecule has 31 heavy (non-hydrogen) atoms. The molecular weight excluding hydrogens is 446 g/mol. The number of hydrogen-bond donors (Lipinski definition) is 1. The molecule has 1 N–H and O–H groups in total. The molecule has 2 aromatic rings. The van der Waals surface area contributed by atoms with Gasteiger partial charge in [-0.3, -0.25) is 9.69 Å². The summed E-state index contributed by atoms with van der Waals surface area (Å²) in [6.45, 7) is 5.49. The number of rotatable bonds is 6. The molecule has 0 saturated carbocycles. The molecule has 9 heteroatoms. The first-order valence-electron chi connectivity index (χ1n) is 9.79. The Morgan fingerprint density at radius 3 is 2.42 bits per heavy atom. The van der Waals surface area contributed by atoms with Crippen LogP contribution in [0, 0.1) is 5.82 Å². The Labute approximate surface area is 190 Å². The standard InChI is InChI=1S/C22H23Cl2FN2O4/c1-13-10-27(14(2)9-26(13)11-15-3-5-16(25)6-4-15)19(28)12-31-21-18(23)8-7-17(20(21)24)22(29)30/h3-8,13-14H,9-12H2,1-2H3,(H,29,30). The first-order valence-corrected chi connectivity index (χ1v) is 10.5. The lowest BCUT2D eigenvalue weighted by Gasteiger charge is -2.44. The molecule has 6 nitrogen and oxygen atoms in total. The van der Waals surface area contributed by atoms with Gasteiger partial charge in [0.15, 0.2) is 12.4 Å². The van der Waals surface area contributed by atoms with Crippen molar-refractivity contribution in [3.05, 3.63) is 63.4 Å². The molecule has 1 fully saturated rings. The van der Waals surface area contributed by atoms with Gasteiger partial charge in [0.25, 0.3) is 5.91 Å². The van der Waals surface area contributed by atoms with E-state index in [4.69, 9.17) is 27.9 Å². The monoisotopic (exact) mass is 468 g/mol. The predicted octanol–water partition coefficient (Wildman–Crippen LogP) is 4.33. The average molecular weight is 469 g/mol. The molecule has 0 aliphatic carbocycles. The zero-order chi connectivity index (χ0) is 22.7. The maximum atomic E-state index is 13.1. The number of piperazine rings is 1. The summed E-state index contributed by atoms with van der Waals surface area (Å²) in [5.41, 5.74) is 0.857. The normalized spacial score (nSPS) is 19.3. The van der Waals surface area contributed by atoms with E-state index < -0.39 is 5.97 Å². The van der Waals surface area contributed by atoms with Crippen molar-refractivity contribution in [1.29, 1.82) is 0 Å². The third-order valence-electron chi connectivity index (χ3n) is 5.35. The van der Waals surface area contributed by atoms with Crippen LogP contribution in [0.4, 0.5) is 4.39 Å². The fraction of sp³-hybridized carbons (Fsp3) is 0.364. The highest BCUT2D eigenvalue weighted by Gasteiger charge is 2.32. The van der Waals surface area contributed by atoms with E-state index >= 15 is 0 Å². The molecule has 2 aromatic carbocycles. The third kappa shape index (κ3) is 5.47. The minimum atomic E-state index is -1.21. The van der Waals surface area contributed by atoms with Crippen LogP contribution in [-0.2, 0) is 11.3 Å². The van der Waals surface area contributed by atoms with E-state index in [1.165, 1.54) is 24.3 Å². The van der Waals surface area contributed by atoms with Gasteiger partial charge in [-0.2, -0.15) is 0 Å². The molecular formula is C22H23Cl2FN2O4. The van der Waals surface area contributed by atoms with Gasteiger partial charge in [-0.1, -0.05) is 35.3 Å². The molecule has 0 bridgehead atoms. The summed E-state index contributed by atoms with van der Waals surface area (Å²) in [5, 5.41) is 9.18. The maximum Gasteiger partial charge on any atom is 0.337 e. The SMILES string of the molecule is CC1CN(C(=O)COc2c(Cl)ccc(C(=O)O)c2Cl)C(C)CN1Cc1ccc(F)cc1. The van der Waals surface area contributed by atoms with Crippen molar-refractivity contribution >= 4 is 35.1 Å². The molecule has 1 aliphatic rings. The van der Waals surface area contributed by atoms with Gasteiger partial charge < -0.3 is 14.7 Å². The van der Waals surface area contributed by atoms with Crippen LogP contribution in [0.25, 0.3) is 0 Å². The number of hydrogen-bond acceptors (Lipinski definition) is 4.